The van der Waals surface area contributed by atoms with E-state index in [2.05, 4.69) is 46.3 Å². The Kier molecular flexibility index (Phi) is 10.6. The van der Waals surface area contributed by atoms with Gasteiger partial charge in [-0.2, -0.15) is 0 Å². The third-order valence-corrected chi connectivity index (χ3v) is 3.06. The van der Waals surface area contributed by atoms with Crippen molar-refractivity contribution in [2.75, 3.05) is 33.7 Å². The van der Waals surface area contributed by atoms with Crippen molar-refractivity contribution in [3.63, 3.8) is 0 Å². The molecule has 1 unspecified atom stereocenters. The second kappa shape index (κ2) is 10.8. The van der Waals surface area contributed by atoms with Crippen molar-refractivity contribution in [2.24, 2.45) is 5.92 Å². The summed E-state index contributed by atoms with van der Waals surface area (Å²) in [6, 6.07) is 0. The van der Waals surface area contributed by atoms with Crippen LogP contribution in [0.2, 0.25) is 0 Å². The molecule has 0 saturated heterocycles. The fraction of sp³-hybridized carbons (Fsp3) is 0.867. The van der Waals surface area contributed by atoms with E-state index < -0.39 is 0 Å². The van der Waals surface area contributed by atoms with Gasteiger partial charge in [0.25, 0.3) is 0 Å². The Morgan fingerprint density at radius 1 is 1.18 bits per heavy atom. The summed E-state index contributed by atoms with van der Waals surface area (Å²) >= 11 is 0. The van der Waals surface area contributed by atoms with Gasteiger partial charge in [0.05, 0.1) is 20.6 Å². The van der Waals surface area contributed by atoms with Crippen molar-refractivity contribution in [2.45, 2.75) is 46.5 Å². The largest absolute Gasteiger partial charge is 0.340 e. The zero-order valence-electron chi connectivity index (χ0n) is 12.6. The summed E-state index contributed by atoms with van der Waals surface area (Å²) in [6.45, 7) is 10.3. The summed E-state index contributed by atoms with van der Waals surface area (Å²) in [5.74, 6) is 0.845. The summed E-state index contributed by atoms with van der Waals surface area (Å²) < 4.78 is 0. The third-order valence-electron chi connectivity index (χ3n) is 3.06. The Balaban J connectivity index is 3.27. The maximum Gasteiger partial charge on any atom is 0.0779 e. The molecule has 0 amide bonds. The van der Waals surface area contributed by atoms with Crippen molar-refractivity contribution < 1.29 is 4.90 Å². The van der Waals surface area contributed by atoms with Gasteiger partial charge >= 0.3 is 0 Å². The minimum Gasteiger partial charge on any atom is -0.340 e. The zero-order valence-corrected chi connectivity index (χ0v) is 12.6. The van der Waals surface area contributed by atoms with Gasteiger partial charge in [-0.05, 0) is 45.6 Å². The first-order valence-corrected chi connectivity index (χ1v) is 7.15. The molecule has 0 aliphatic heterocycles. The standard InChI is InChI=1S/C15H32N2/c1-14(2)8-6-9-15(3)10-12-16-11-7-13-17(4)5/h8,15-16H,6-7,9-13H2,1-5H3/p+1. The van der Waals surface area contributed by atoms with E-state index in [4.69, 9.17) is 0 Å². The molecule has 2 nitrogen and oxygen atoms in total. The SMILES string of the molecule is CC(C)=CCCC(C)CCNCCC[NH+](C)C. The summed E-state index contributed by atoms with van der Waals surface area (Å²) in [7, 11) is 4.43. The van der Waals surface area contributed by atoms with Crippen LogP contribution in [-0.2, 0) is 0 Å². The zero-order chi connectivity index (χ0) is 13.1. The molecule has 0 aromatic heterocycles. The van der Waals surface area contributed by atoms with Crippen LogP contribution < -0.4 is 10.2 Å². The molecular formula is C15H33N2+. The van der Waals surface area contributed by atoms with Crippen LogP contribution in [0.15, 0.2) is 11.6 Å². The Morgan fingerprint density at radius 2 is 1.88 bits per heavy atom. The van der Waals surface area contributed by atoms with Crippen LogP contribution >= 0.6 is 0 Å². The Morgan fingerprint density at radius 3 is 2.47 bits per heavy atom. The first-order chi connectivity index (χ1) is 8.02. The van der Waals surface area contributed by atoms with Crippen LogP contribution in [0.1, 0.15) is 46.5 Å². The van der Waals surface area contributed by atoms with Gasteiger partial charge in [-0.1, -0.05) is 18.6 Å². The Hall–Kier alpha value is -0.340. The highest BCUT2D eigenvalue weighted by atomic mass is 15.0. The van der Waals surface area contributed by atoms with Gasteiger partial charge in [0.1, 0.15) is 0 Å². The van der Waals surface area contributed by atoms with Gasteiger partial charge in [-0.25, -0.2) is 0 Å². The van der Waals surface area contributed by atoms with E-state index in [-0.39, 0.29) is 0 Å². The predicted molar refractivity (Wildman–Crippen MR) is 77.6 cm³/mol. The minimum absolute atomic E-state index is 0.845. The molecule has 0 radical (unpaired) electrons. The molecule has 0 heterocycles. The lowest BCUT2D eigenvalue weighted by atomic mass is 10.0. The van der Waals surface area contributed by atoms with E-state index in [0.717, 1.165) is 5.92 Å². The molecule has 2 heteroatoms. The second-order valence-electron chi connectivity index (χ2n) is 5.81. The Labute approximate surface area is 108 Å². The fourth-order valence-corrected chi connectivity index (χ4v) is 1.84. The van der Waals surface area contributed by atoms with Crippen LogP contribution in [-0.4, -0.2) is 33.7 Å². The van der Waals surface area contributed by atoms with Crippen molar-refractivity contribution >= 4 is 0 Å². The maximum atomic E-state index is 3.54. The van der Waals surface area contributed by atoms with Crippen LogP contribution in [0.4, 0.5) is 0 Å². The number of rotatable bonds is 10. The molecule has 0 aromatic rings. The fourth-order valence-electron chi connectivity index (χ4n) is 1.84. The highest BCUT2D eigenvalue weighted by molar-refractivity contribution is 4.92. The van der Waals surface area contributed by atoms with Crippen LogP contribution in [0.25, 0.3) is 0 Å². The lowest BCUT2D eigenvalue weighted by Crippen LogP contribution is -3.05. The van der Waals surface area contributed by atoms with Gasteiger partial charge in [0.2, 0.25) is 0 Å². The van der Waals surface area contributed by atoms with E-state index in [0.29, 0.717) is 0 Å². The molecule has 0 fully saturated rings. The molecule has 2 N–H and O–H groups in total. The average Bonchev–Trinajstić information content (AvgIpc) is 2.22. The Bertz CT molecular complexity index is 193. The highest BCUT2D eigenvalue weighted by Gasteiger charge is 2.00. The third kappa shape index (κ3) is 13.6. The van der Waals surface area contributed by atoms with Crippen LogP contribution in [0.5, 0.6) is 0 Å². The summed E-state index contributed by atoms with van der Waals surface area (Å²) in [6.07, 6.45) is 7.52. The summed E-state index contributed by atoms with van der Waals surface area (Å²) in [5, 5.41) is 3.54. The summed E-state index contributed by atoms with van der Waals surface area (Å²) in [5.41, 5.74) is 1.45. The molecule has 1 atom stereocenters. The van der Waals surface area contributed by atoms with Gasteiger partial charge in [0, 0.05) is 13.0 Å². The molecule has 17 heavy (non-hydrogen) atoms. The monoisotopic (exact) mass is 241 g/mol. The topological polar surface area (TPSA) is 16.5 Å². The highest BCUT2D eigenvalue weighted by Crippen LogP contribution is 2.10. The molecule has 0 aliphatic carbocycles. The van der Waals surface area contributed by atoms with E-state index in [1.807, 2.05) is 0 Å². The quantitative estimate of drug-likeness (QED) is 0.441. The minimum atomic E-state index is 0.845. The lowest BCUT2D eigenvalue weighted by molar-refractivity contribution is -0.858. The molecule has 102 valence electrons. The van der Waals surface area contributed by atoms with E-state index in [9.17, 15) is 0 Å². The van der Waals surface area contributed by atoms with Crippen molar-refractivity contribution in [3.05, 3.63) is 11.6 Å². The summed E-state index contributed by atoms with van der Waals surface area (Å²) in [4.78, 5) is 1.54. The number of allylic oxidation sites excluding steroid dienone is 2. The van der Waals surface area contributed by atoms with Gasteiger partial charge < -0.3 is 10.2 Å². The molecular weight excluding hydrogens is 208 g/mol. The van der Waals surface area contributed by atoms with Gasteiger partial charge in [-0.15, -0.1) is 0 Å². The molecule has 0 rings (SSSR count). The molecule has 0 saturated carbocycles. The molecule has 0 spiro atoms. The second-order valence-corrected chi connectivity index (χ2v) is 5.81. The lowest BCUT2D eigenvalue weighted by Gasteiger charge is -2.11. The maximum absolute atomic E-state index is 3.54. The molecule has 0 bridgehead atoms. The van der Waals surface area contributed by atoms with E-state index >= 15 is 0 Å². The van der Waals surface area contributed by atoms with Crippen molar-refractivity contribution in [3.8, 4) is 0 Å². The number of hydrogen-bond donors (Lipinski definition) is 2. The van der Waals surface area contributed by atoms with E-state index in [1.165, 1.54) is 50.9 Å². The average molecular weight is 241 g/mol. The first kappa shape index (κ1) is 16.7. The molecule has 0 aliphatic rings. The van der Waals surface area contributed by atoms with Gasteiger partial charge in [0.15, 0.2) is 0 Å². The van der Waals surface area contributed by atoms with Crippen LogP contribution in [0, 0.1) is 5.92 Å². The number of nitrogens with one attached hydrogen (secondary N) is 2. The van der Waals surface area contributed by atoms with Crippen LogP contribution in [0.3, 0.4) is 0 Å². The molecule has 0 aromatic carbocycles. The number of hydrogen-bond acceptors (Lipinski definition) is 1. The number of quaternary nitrogens is 1. The van der Waals surface area contributed by atoms with E-state index in [1.54, 1.807) is 4.90 Å². The van der Waals surface area contributed by atoms with Crippen molar-refractivity contribution in [1.29, 1.82) is 0 Å². The predicted octanol–water partition coefficient (Wildman–Crippen LogP) is 1.88. The first-order valence-electron chi connectivity index (χ1n) is 7.15. The smallest absolute Gasteiger partial charge is 0.0779 e. The van der Waals surface area contributed by atoms with Crippen molar-refractivity contribution in [1.82, 2.24) is 5.32 Å². The normalized spacial score (nSPS) is 12.8. The van der Waals surface area contributed by atoms with Gasteiger partial charge in [-0.3, -0.25) is 0 Å².